The Hall–Kier alpha value is -3.58. The van der Waals surface area contributed by atoms with Crippen LogP contribution in [-0.4, -0.2) is 42.6 Å². The predicted molar refractivity (Wildman–Crippen MR) is 145 cm³/mol. The highest BCUT2D eigenvalue weighted by Crippen LogP contribution is 2.18. The van der Waals surface area contributed by atoms with E-state index in [4.69, 9.17) is 4.74 Å². The van der Waals surface area contributed by atoms with Gasteiger partial charge in [-0.15, -0.1) is 0 Å². The lowest BCUT2D eigenvalue weighted by molar-refractivity contribution is -0.134. The highest BCUT2D eigenvalue weighted by atomic mass is 32.2. The van der Waals surface area contributed by atoms with E-state index in [0.717, 1.165) is 43.0 Å². The molecule has 1 fully saturated rings. The molecule has 0 saturated carbocycles. The topological polar surface area (TPSA) is 71.0 Å². The molecule has 7 heteroatoms. The van der Waals surface area contributed by atoms with Crippen LogP contribution in [-0.2, 0) is 16.3 Å². The molecule has 0 atom stereocenters. The molecule has 3 aromatic rings. The van der Waals surface area contributed by atoms with Gasteiger partial charge in [0.25, 0.3) is 11.8 Å². The molecular formula is C29H31N3O3S. The van der Waals surface area contributed by atoms with E-state index in [-0.39, 0.29) is 18.4 Å². The number of hydrogen-bond acceptors (Lipinski definition) is 5. The van der Waals surface area contributed by atoms with Crippen LogP contribution in [0.1, 0.15) is 46.3 Å². The van der Waals surface area contributed by atoms with Gasteiger partial charge < -0.3 is 9.64 Å². The summed E-state index contributed by atoms with van der Waals surface area (Å²) in [5, 5.41) is 4.06. The van der Waals surface area contributed by atoms with Gasteiger partial charge in [0.2, 0.25) is 0 Å². The first kappa shape index (κ1) is 25.5. The van der Waals surface area contributed by atoms with Gasteiger partial charge in [0.15, 0.2) is 6.61 Å². The summed E-state index contributed by atoms with van der Waals surface area (Å²) >= 11 is 1.85. The molecule has 36 heavy (non-hydrogen) atoms. The van der Waals surface area contributed by atoms with E-state index in [2.05, 4.69) is 34.8 Å². The quantitative estimate of drug-likeness (QED) is 0.303. The number of hydrogen-bond donors (Lipinski definition) is 1. The van der Waals surface area contributed by atoms with Gasteiger partial charge in [-0.2, -0.15) is 16.9 Å². The second kappa shape index (κ2) is 13.5. The predicted octanol–water partition coefficient (Wildman–Crippen LogP) is 5.28. The van der Waals surface area contributed by atoms with Gasteiger partial charge >= 0.3 is 0 Å². The number of hydrazone groups is 1. The molecule has 0 bridgehead atoms. The van der Waals surface area contributed by atoms with Crippen molar-refractivity contribution in [3.05, 3.63) is 101 Å². The Labute approximate surface area is 216 Å². The second-order valence-corrected chi connectivity index (χ2v) is 9.66. The number of piperidine rings is 1. The number of carbonyl (C=O) groups excluding carboxylic acids is 2. The number of rotatable bonds is 10. The summed E-state index contributed by atoms with van der Waals surface area (Å²) in [4.78, 5) is 26.5. The number of ether oxygens (including phenoxy) is 1. The van der Waals surface area contributed by atoms with Gasteiger partial charge in [-0.1, -0.05) is 42.5 Å². The van der Waals surface area contributed by atoms with Crippen LogP contribution in [0.4, 0.5) is 0 Å². The summed E-state index contributed by atoms with van der Waals surface area (Å²) in [7, 11) is 0. The first-order valence-electron chi connectivity index (χ1n) is 12.2. The van der Waals surface area contributed by atoms with Gasteiger partial charge in [0.1, 0.15) is 5.75 Å². The van der Waals surface area contributed by atoms with Crippen LogP contribution in [0.15, 0.2) is 84.0 Å². The van der Waals surface area contributed by atoms with Gasteiger partial charge in [0, 0.05) is 30.2 Å². The Balaban J connectivity index is 1.18. The molecule has 1 heterocycles. The fourth-order valence-corrected chi connectivity index (χ4v) is 4.83. The Morgan fingerprint density at radius 1 is 0.861 bits per heavy atom. The van der Waals surface area contributed by atoms with Gasteiger partial charge in [-0.25, -0.2) is 5.43 Å². The molecule has 3 aromatic carbocycles. The number of amides is 2. The summed E-state index contributed by atoms with van der Waals surface area (Å²) < 4.78 is 5.63. The number of benzene rings is 3. The monoisotopic (exact) mass is 501 g/mol. The SMILES string of the molecule is O=C(NN=Cc1ccc(OCC(=O)N2CCCCC2)cc1)c1ccc(CSCc2ccccc2)cc1. The largest absolute Gasteiger partial charge is 0.484 e. The molecular weight excluding hydrogens is 470 g/mol. The van der Waals surface area contributed by atoms with Crippen LogP contribution in [0.2, 0.25) is 0 Å². The van der Waals surface area contributed by atoms with Crippen molar-refractivity contribution in [2.24, 2.45) is 5.10 Å². The normalized spacial score (nSPS) is 13.5. The minimum absolute atomic E-state index is 0.0297. The van der Waals surface area contributed by atoms with Crippen LogP contribution < -0.4 is 10.2 Å². The Morgan fingerprint density at radius 2 is 1.53 bits per heavy atom. The lowest BCUT2D eigenvalue weighted by atomic mass is 10.1. The maximum absolute atomic E-state index is 12.4. The van der Waals surface area contributed by atoms with Crippen LogP contribution in [0.5, 0.6) is 5.75 Å². The number of nitrogens with zero attached hydrogens (tertiary/aromatic N) is 2. The maximum atomic E-state index is 12.4. The molecule has 4 rings (SSSR count). The van der Waals surface area contributed by atoms with Crippen molar-refractivity contribution >= 4 is 29.8 Å². The second-order valence-electron chi connectivity index (χ2n) is 8.67. The summed E-state index contributed by atoms with van der Waals surface area (Å²) in [6.45, 7) is 1.69. The van der Waals surface area contributed by atoms with Gasteiger partial charge in [-0.05, 0) is 72.4 Å². The van der Waals surface area contributed by atoms with Gasteiger partial charge in [-0.3, -0.25) is 9.59 Å². The van der Waals surface area contributed by atoms with E-state index in [1.54, 1.807) is 18.3 Å². The molecule has 186 valence electrons. The fourth-order valence-electron chi connectivity index (χ4n) is 3.87. The smallest absolute Gasteiger partial charge is 0.271 e. The summed E-state index contributed by atoms with van der Waals surface area (Å²) in [5.74, 6) is 2.25. The van der Waals surface area contributed by atoms with Crippen molar-refractivity contribution in [2.45, 2.75) is 30.8 Å². The standard InChI is InChI=1S/C29H31N3O3S/c33-28(32-17-5-2-6-18-32)20-35-27-15-11-23(12-16-27)19-30-31-29(34)26-13-9-25(10-14-26)22-36-21-24-7-3-1-4-8-24/h1,3-4,7-16,19H,2,5-6,17-18,20-22H2,(H,31,34). The average molecular weight is 502 g/mol. The molecule has 1 saturated heterocycles. The van der Waals surface area contributed by atoms with Crippen LogP contribution >= 0.6 is 11.8 Å². The summed E-state index contributed by atoms with van der Waals surface area (Å²) in [6.07, 6.45) is 4.90. The van der Waals surface area contributed by atoms with E-state index >= 15 is 0 Å². The number of carbonyl (C=O) groups is 2. The summed E-state index contributed by atoms with van der Waals surface area (Å²) in [6, 6.07) is 25.2. The molecule has 0 aliphatic carbocycles. The van der Waals surface area contributed by atoms with E-state index in [9.17, 15) is 9.59 Å². The zero-order chi connectivity index (χ0) is 25.0. The third-order valence-electron chi connectivity index (χ3n) is 5.93. The molecule has 0 spiro atoms. The minimum atomic E-state index is -0.258. The molecule has 1 aliphatic rings. The highest BCUT2D eigenvalue weighted by molar-refractivity contribution is 7.97. The lowest BCUT2D eigenvalue weighted by Gasteiger charge is -2.26. The van der Waals surface area contributed by atoms with Crippen molar-refractivity contribution < 1.29 is 14.3 Å². The lowest BCUT2D eigenvalue weighted by Crippen LogP contribution is -2.38. The van der Waals surface area contributed by atoms with Crippen molar-refractivity contribution in [3.63, 3.8) is 0 Å². The van der Waals surface area contributed by atoms with E-state index in [1.807, 2.05) is 59.1 Å². The van der Waals surface area contributed by atoms with E-state index in [0.29, 0.717) is 11.3 Å². The highest BCUT2D eigenvalue weighted by Gasteiger charge is 2.16. The molecule has 1 N–H and O–H groups in total. The zero-order valence-corrected chi connectivity index (χ0v) is 21.1. The maximum Gasteiger partial charge on any atom is 0.271 e. The fraction of sp³-hybridized carbons (Fsp3) is 0.276. The zero-order valence-electron chi connectivity index (χ0n) is 20.3. The van der Waals surface area contributed by atoms with Crippen LogP contribution in [0.3, 0.4) is 0 Å². The molecule has 1 aliphatic heterocycles. The van der Waals surface area contributed by atoms with Crippen molar-refractivity contribution in [2.75, 3.05) is 19.7 Å². The first-order chi connectivity index (χ1) is 17.7. The molecule has 6 nitrogen and oxygen atoms in total. The first-order valence-corrected chi connectivity index (χ1v) is 13.4. The molecule has 0 unspecified atom stereocenters. The van der Waals surface area contributed by atoms with Gasteiger partial charge in [0.05, 0.1) is 6.21 Å². The van der Waals surface area contributed by atoms with Crippen molar-refractivity contribution in [1.29, 1.82) is 0 Å². The van der Waals surface area contributed by atoms with Crippen LogP contribution in [0, 0.1) is 0 Å². The third-order valence-corrected chi connectivity index (χ3v) is 7.00. The molecule has 2 amide bonds. The Bertz CT molecular complexity index is 1140. The van der Waals surface area contributed by atoms with E-state index < -0.39 is 0 Å². The van der Waals surface area contributed by atoms with Crippen LogP contribution in [0.25, 0.3) is 0 Å². The van der Waals surface area contributed by atoms with Crippen molar-refractivity contribution in [1.82, 2.24) is 10.3 Å². The van der Waals surface area contributed by atoms with Crippen molar-refractivity contribution in [3.8, 4) is 5.75 Å². The molecule has 0 radical (unpaired) electrons. The Kier molecular flexibility index (Phi) is 9.56. The number of likely N-dealkylation sites (tertiary alicyclic amines) is 1. The Morgan fingerprint density at radius 3 is 2.22 bits per heavy atom. The van der Waals surface area contributed by atoms with E-state index in [1.165, 1.54) is 17.5 Å². The summed E-state index contributed by atoms with van der Waals surface area (Å²) in [5.41, 5.74) is 6.43. The third kappa shape index (κ3) is 7.99. The average Bonchev–Trinajstić information content (AvgIpc) is 2.94. The number of nitrogens with one attached hydrogen (secondary N) is 1. The molecule has 0 aromatic heterocycles. The number of thioether (sulfide) groups is 1. The minimum Gasteiger partial charge on any atom is -0.484 e.